The minimum Gasteiger partial charge on any atom is -0.365 e. The van der Waals surface area contributed by atoms with Crippen molar-refractivity contribution in [3.63, 3.8) is 0 Å². The van der Waals surface area contributed by atoms with Crippen molar-refractivity contribution in [2.24, 2.45) is 0 Å². The smallest absolute Gasteiger partial charge is 0.260 e. The second-order valence-electron chi connectivity index (χ2n) is 6.44. The third kappa shape index (κ3) is 2.38. The number of amides is 1. The van der Waals surface area contributed by atoms with Crippen molar-refractivity contribution in [3.05, 3.63) is 53.9 Å². The van der Waals surface area contributed by atoms with Crippen LogP contribution in [0.4, 0.5) is 11.4 Å². The van der Waals surface area contributed by atoms with Crippen LogP contribution < -0.4 is 9.80 Å². The molecule has 0 saturated carbocycles. The molecule has 0 aliphatic carbocycles. The number of carbonyl (C=O) groups is 1. The van der Waals surface area contributed by atoms with Gasteiger partial charge in [0.2, 0.25) is 0 Å². The molecule has 1 aromatic heterocycles. The summed E-state index contributed by atoms with van der Waals surface area (Å²) < 4.78 is 0. The highest BCUT2D eigenvalue weighted by Crippen LogP contribution is 2.39. The van der Waals surface area contributed by atoms with E-state index in [9.17, 15) is 4.79 Å². The van der Waals surface area contributed by atoms with E-state index in [-0.39, 0.29) is 5.91 Å². The summed E-state index contributed by atoms with van der Waals surface area (Å²) in [5, 5.41) is 0. The van der Waals surface area contributed by atoms with Gasteiger partial charge >= 0.3 is 0 Å². The van der Waals surface area contributed by atoms with Crippen molar-refractivity contribution < 1.29 is 4.79 Å². The van der Waals surface area contributed by atoms with Crippen molar-refractivity contribution >= 4 is 17.3 Å². The molecular formula is C19H21N3O. The van der Waals surface area contributed by atoms with Gasteiger partial charge in [0.05, 0.1) is 16.9 Å². The molecule has 23 heavy (non-hydrogen) atoms. The number of hydrogen-bond acceptors (Lipinski definition) is 3. The molecule has 0 bridgehead atoms. The maximum absolute atomic E-state index is 13.1. The molecule has 0 N–H and O–H groups in total. The Morgan fingerprint density at radius 1 is 1.17 bits per heavy atom. The Morgan fingerprint density at radius 2 is 2.00 bits per heavy atom. The molecular weight excluding hydrogens is 286 g/mol. The van der Waals surface area contributed by atoms with Crippen LogP contribution >= 0.6 is 0 Å². The summed E-state index contributed by atoms with van der Waals surface area (Å²) in [6, 6.07) is 10.6. The molecule has 1 unspecified atom stereocenters. The van der Waals surface area contributed by atoms with Crippen LogP contribution in [-0.2, 0) is 0 Å². The van der Waals surface area contributed by atoms with Crippen molar-refractivity contribution in [2.75, 3.05) is 22.9 Å². The van der Waals surface area contributed by atoms with E-state index in [2.05, 4.69) is 28.1 Å². The SMILES string of the molecule is Cc1ccncc1C(=O)N1CC2CCCCN2c2ccccc21. The van der Waals surface area contributed by atoms with Gasteiger partial charge < -0.3 is 9.80 Å². The average Bonchev–Trinajstić information content (AvgIpc) is 2.61. The van der Waals surface area contributed by atoms with Crippen molar-refractivity contribution in [3.8, 4) is 0 Å². The molecule has 4 heteroatoms. The fourth-order valence-electron chi connectivity index (χ4n) is 3.78. The number of para-hydroxylation sites is 2. The minimum atomic E-state index is 0.0632. The first-order valence-electron chi connectivity index (χ1n) is 8.34. The van der Waals surface area contributed by atoms with Gasteiger partial charge in [-0.2, -0.15) is 0 Å². The number of hydrogen-bond donors (Lipinski definition) is 0. The quantitative estimate of drug-likeness (QED) is 0.810. The summed E-state index contributed by atoms with van der Waals surface area (Å²) in [6.45, 7) is 3.83. The first-order chi connectivity index (χ1) is 11.3. The highest BCUT2D eigenvalue weighted by molar-refractivity contribution is 6.09. The van der Waals surface area contributed by atoms with Gasteiger partial charge in [0.1, 0.15) is 0 Å². The molecule has 0 spiro atoms. The third-order valence-corrected chi connectivity index (χ3v) is 5.02. The lowest BCUT2D eigenvalue weighted by molar-refractivity contribution is 0.0981. The standard InChI is InChI=1S/C19H21N3O/c1-14-9-10-20-12-16(14)19(23)22-13-15-6-4-5-11-21(15)17-7-2-3-8-18(17)22/h2-3,7-10,12,15H,4-6,11,13H2,1H3. The molecule has 1 fully saturated rings. The van der Waals surface area contributed by atoms with Crippen LogP contribution in [0.5, 0.6) is 0 Å². The predicted octanol–water partition coefficient (Wildman–Crippen LogP) is 3.41. The number of pyridine rings is 1. The Kier molecular flexibility index (Phi) is 3.52. The summed E-state index contributed by atoms with van der Waals surface area (Å²) in [7, 11) is 0. The van der Waals surface area contributed by atoms with Gasteiger partial charge in [-0.1, -0.05) is 12.1 Å². The van der Waals surface area contributed by atoms with E-state index >= 15 is 0 Å². The fourth-order valence-corrected chi connectivity index (χ4v) is 3.78. The largest absolute Gasteiger partial charge is 0.365 e. The number of aryl methyl sites for hydroxylation is 1. The zero-order valence-corrected chi connectivity index (χ0v) is 13.4. The van der Waals surface area contributed by atoms with Crippen LogP contribution in [0.15, 0.2) is 42.7 Å². The summed E-state index contributed by atoms with van der Waals surface area (Å²) in [6.07, 6.45) is 7.06. The third-order valence-electron chi connectivity index (χ3n) is 5.02. The lowest BCUT2D eigenvalue weighted by atomic mass is 9.96. The number of nitrogens with zero attached hydrogens (tertiary/aromatic N) is 3. The van der Waals surface area contributed by atoms with Gasteiger partial charge in [-0.15, -0.1) is 0 Å². The second kappa shape index (κ2) is 5.69. The number of carbonyl (C=O) groups excluding carboxylic acids is 1. The van der Waals surface area contributed by atoms with E-state index in [0.717, 1.165) is 30.8 Å². The molecule has 1 amide bonds. The van der Waals surface area contributed by atoms with Crippen LogP contribution in [0, 0.1) is 6.92 Å². The molecule has 0 radical (unpaired) electrons. The van der Waals surface area contributed by atoms with Gasteiger partial charge in [-0.05, 0) is 49.9 Å². The minimum absolute atomic E-state index is 0.0632. The van der Waals surface area contributed by atoms with Crippen LogP contribution in [-0.4, -0.2) is 30.0 Å². The van der Waals surface area contributed by atoms with Gasteiger partial charge in [0, 0.05) is 31.5 Å². The molecule has 3 heterocycles. The van der Waals surface area contributed by atoms with Crippen molar-refractivity contribution in [1.82, 2.24) is 4.98 Å². The first kappa shape index (κ1) is 14.2. The predicted molar refractivity (Wildman–Crippen MR) is 92.1 cm³/mol. The maximum Gasteiger partial charge on any atom is 0.260 e. The highest BCUT2D eigenvalue weighted by atomic mass is 16.2. The van der Waals surface area contributed by atoms with E-state index in [1.54, 1.807) is 12.4 Å². The van der Waals surface area contributed by atoms with Crippen LogP contribution in [0.2, 0.25) is 0 Å². The zero-order chi connectivity index (χ0) is 15.8. The van der Waals surface area contributed by atoms with E-state index < -0.39 is 0 Å². The number of anilines is 2. The molecule has 4 nitrogen and oxygen atoms in total. The molecule has 118 valence electrons. The number of piperidine rings is 1. The normalized spacial score (nSPS) is 20.0. The molecule has 1 atom stereocenters. The first-order valence-corrected chi connectivity index (χ1v) is 8.34. The Bertz CT molecular complexity index is 743. The fraction of sp³-hybridized carbons (Fsp3) is 0.368. The van der Waals surface area contributed by atoms with E-state index in [1.807, 2.05) is 24.0 Å². The lowest BCUT2D eigenvalue weighted by Gasteiger charge is -2.46. The summed E-state index contributed by atoms with van der Waals surface area (Å²) in [4.78, 5) is 21.7. The number of fused-ring (bicyclic) bond motifs is 3. The number of rotatable bonds is 1. The lowest BCUT2D eigenvalue weighted by Crippen LogP contribution is -2.53. The molecule has 2 aliphatic rings. The van der Waals surface area contributed by atoms with E-state index in [4.69, 9.17) is 0 Å². The van der Waals surface area contributed by atoms with E-state index in [1.165, 1.54) is 18.5 Å². The van der Waals surface area contributed by atoms with Crippen molar-refractivity contribution in [1.29, 1.82) is 0 Å². The molecule has 2 aliphatic heterocycles. The Balaban J connectivity index is 1.76. The molecule has 4 rings (SSSR count). The van der Waals surface area contributed by atoms with E-state index in [0.29, 0.717) is 11.6 Å². The van der Waals surface area contributed by atoms with Gasteiger partial charge in [-0.3, -0.25) is 9.78 Å². The zero-order valence-electron chi connectivity index (χ0n) is 13.4. The molecule has 1 aromatic carbocycles. The van der Waals surface area contributed by atoms with Crippen molar-refractivity contribution in [2.45, 2.75) is 32.2 Å². The van der Waals surface area contributed by atoms with Crippen LogP contribution in [0.25, 0.3) is 0 Å². The average molecular weight is 307 g/mol. The summed E-state index contributed by atoms with van der Waals surface area (Å²) in [5.74, 6) is 0.0632. The summed E-state index contributed by atoms with van der Waals surface area (Å²) >= 11 is 0. The maximum atomic E-state index is 13.1. The Morgan fingerprint density at radius 3 is 2.83 bits per heavy atom. The van der Waals surface area contributed by atoms with Crippen LogP contribution in [0.3, 0.4) is 0 Å². The Hall–Kier alpha value is -2.36. The van der Waals surface area contributed by atoms with Gasteiger partial charge in [-0.25, -0.2) is 0 Å². The molecule has 1 saturated heterocycles. The monoisotopic (exact) mass is 307 g/mol. The summed E-state index contributed by atoms with van der Waals surface area (Å²) in [5.41, 5.74) is 3.90. The number of aromatic nitrogens is 1. The Labute approximate surface area is 136 Å². The second-order valence-corrected chi connectivity index (χ2v) is 6.44. The topological polar surface area (TPSA) is 36.4 Å². The number of benzene rings is 1. The highest BCUT2D eigenvalue weighted by Gasteiger charge is 2.35. The van der Waals surface area contributed by atoms with Gasteiger partial charge in [0.25, 0.3) is 5.91 Å². The van der Waals surface area contributed by atoms with Crippen LogP contribution in [0.1, 0.15) is 35.2 Å². The van der Waals surface area contributed by atoms with Gasteiger partial charge in [0.15, 0.2) is 0 Å². The molecule has 2 aromatic rings.